The molecule has 5 nitrogen and oxygen atoms in total. The van der Waals surface area contributed by atoms with Crippen LogP contribution in [-0.2, 0) is 14.6 Å². The summed E-state index contributed by atoms with van der Waals surface area (Å²) in [6.07, 6.45) is 4.18. The summed E-state index contributed by atoms with van der Waals surface area (Å²) in [7, 11) is -3.39. The third-order valence-corrected chi connectivity index (χ3v) is 10.3. The predicted molar refractivity (Wildman–Crippen MR) is 144 cm³/mol. The molecule has 4 aromatic rings. The van der Waals surface area contributed by atoms with Gasteiger partial charge in [-0.05, 0) is 83.0 Å². The maximum absolute atomic E-state index is 13.5. The van der Waals surface area contributed by atoms with Crippen LogP contribution in [-0.4, -0.2) is 29.7 Å². The van der Waals surface area contributed by atoms with E-state index in [4.69, 9.17) is 5.11 Å². The molecule has 3 aromatic carbocycles. The second kappa shape index (κ2) is 8.54. The van der Waals surface area contributed by atoms with Gasteiger partial charge in [0.15, 0.2) is 9.84 Å². The van der Waals surface area contributed by atoms with Gasteiger partial charge in [0, 0.05) is 12.0 Å². The smallest absolute Gasteiger partial charge is 0.328 e. The Morgan fingerprint density at radius 2 is 1.81 bits per heavy atom. The molecule has 2 heterocycles. The molecule has 1 saturated carbocycles. The van der Waals surface area contributed by atoms with Crippen molar-refractivity contribution in [2.75, 3.05) is 0 Å². The topological polar surface area (TPSA) is 84.3 Å². The first kappa shape index (κ1) is 22.9. The molecule has 1 aliphatic heterocycles. The van der Waals surface area contributed by atoms with E-state index in [0.717, 1.165) is 61.7 Å². The molecule has 1 fully saturated rings. The van der Waals surface area contributed by atoms with Crippen LogP contribution in [0.3, 0.4) is 0 Å². The minimum Gasteiger partial charge on any atom is -0.478 e. The van der Waals surface area contributed by atoms with E-state index in [2.05, 4.69) is 23.2 Å². The molecule has 0 bridgehead atoms. The average Bonchev–Trinajstić information content (AvgIpc) is 3.29. The number of thiazole rings is 1. The minimum atomic E-state index is -3.39. The van der Waals surface area contributed by atoms with Crippen molar-refractivity contribution >= 4 is 54.6 Å². The van der Waals surface area contributed by atoms with Crippen LogP contribution in [0.15, 0.2) is 77.1 Å². The van der Waals surface area contributed by atoms with Crippen LogP contribution in [0.4, 0.5) is 0 Å². The standard InChI is InChI=1S/C29H23NO4S2/c1-17-2-9-22-26(14-17)36(33,34)25-12-10-21(25)29(22)28(20-8-11-24-23(15-20)30-16-35-24)19-6-3-18(4-7-19)5-13-27(31)32/h2-9,11,13-16,21,25H,10,12H2,1H3,(H,31,32)/b13-5+,29-28+. The van der Waals surface area contributed by atoms with E-state index >= 15 is 0 Å². The molecule has 2 atom stereocenters. The summed E-state index contributed by atoms with van der Waals surface area (Å²) in [6, 6.07) is 19.7. The van der Waals surface area contributed by atoms with Crippen molar-refractivity contribution in [3.63, 3.8) is 0 Å². The Hall–Kier alpha value is -3.55. The first-order valence-corrected chi connectivity index (χ1v) is 14.2. The van der Waals surface area contributed by atoms with E-state index in [-0.39, 0.29) is 5.92 Å². The van der Waals surface area contributed by atoms with Crippen LogP contribution in [0.5, 0.6) is 0 Å². The van der Waals surface area contributed by atoms with Crippen molar-refractivity contribution in [1.82, 2.24) is 4.98 Å². The Morgan fingerprint density at radius 3 is 2.53 bits per heavy atom. The van der Waals surface area contributed by atoms with E-state index < -0.39 is 21.1 Å². The van der Waals surface area contributed by atoms with E-state index in [0.29, 0.717) is 11.3 Å². The van der Waals surface area contributed by atoms with E-state index in [1.54, 1.807) is 23.5 Å². The van der Waals surface area contributed by atoms with Crippen LogP contribution in [0.25, 0.3) is 27.4 Å². The second-order valence-electron chi connectivity index (χ2n) is 9.38. The van der Waals surface area contributed by atoms with Crippen molar-refractivity contribution in [2.24, 2.45) is 5.92 Å². The van der Waals surface area contributed by atoms with Crippen LogP contribution in [0.1, 0.15) is 40.7 Å². The van der Waals surface area contributed by atoms with Gasteiger partial charge in [-0.1, -0.05) is 42.5 Å². The minimum absolute atomic E-state index is 0.0714. The van der Waals surface area contributed by atoms with Crippen molar-refractivity contribution in [3.8, 4) is 0 Å². The zero-order valence-electron chi connectivity index (χ0n) is 19.5. The number of rotatable bonds is 4. The lowest BCUT2D eigenvalue weighted by Gasteiger charge is -2.43. The van der Waals surface area contributed by atoms with Gasteiger partial charge in [0.05, 0.1) is 25.9 Å². The number of hydrogen-bond acceptors (Lipinski definition) is 5. The molecular weight excluding hydrogens is 490 g/mol. The lowest BCUT2D eigenvalue weighted by atomic mass is 9.72. The molecule has 1 N–H and O–H groups in total. The van der Waals surface area contributed by atoms with Crippen LogP contribution < -0.4 is 0 Å². The van der Waals surface area contributed by atoms with Crippen molar-refractivity contribution in [3.05, 3.63) is 100 Å². The van der Waals surface area contributed by atoms with E-state index in [1.807, 2.05) is 48.8 Å². The van der Waals surface area contributed by atoms with Gasteiger partial charge in [0.25, 0.3) is 0 Å². The number of aromatic nitrogens is 1. The summed E-state index contributed by atoms with van der Waals surface area (Å²) in [5.74, 6) is -1.07. The lowest BCUT2D eigenvalue weighted by molar-refractivity contribution is -0.131. The molecule has 1 aromatic heterocycles. The Morgan fingerprint density at radius 1 is 1.03 bits per heavy atom. The Balaban J connectivity index is 1.64. The summed E-state index contributed by atoms with van der Waals surface area (Å²) >= 11 is 1.59. The highest BCUT2D eigenvalue weighted by Gasteiger charge is 2.49. The number of aliphatic carboxylic acids is 1. The van der Waals surface area contributed by atoms with Gasteiger partial charge in [-0.2, -0.15) is 0 Å². The third-order valence-electron chi connectivity index (χ3n) is 7.22. The van der Waals surface area contributed by atoms with Gasteiger partial charge in [0.1, 0.15) is 0 Å². The SMILES string of the molecule is Cc1ccc2c(c1)S(=O)(=O)C1CCC1/C2=C(/c1ccc(/C=C/C(=O)O)cc1)c1ccc2scnc2c1. The third kappa shape index (κ3) is 3.70. The van der Waals surface area contributed by atoms with Gasteiger partial charge >= 0.3 is 5.97 Å². The highest BCUT2D eigenvalue weighted by molar-refractivity contribution is 7.92. The fraction of sp³-hybridized carbons (Fsp3) is 0.172. The summed E-state index contributed by atoms with van der Waals surface area (Å²) in [5.41, 5.74) is 9.26. The Kier molecular flexibility index (Phi) is 5.43. The lowest BCUT2D eigenvalue weighted by Crippen LogP contribution is -2.43. The number of hydrogen-bond donors (Lipinski definition) is 1. The number of carboxylic acids is 1. The molecule has 7 heteroatoms. The molecule has 2 aliphatic rings. The molecule has 6 rings (SSSR count). The molecule has 2 unspecified atom stereocenters. The van der Waals surface area contributed by atoms with Gasteiger partial charge in [-0.25, -0.2) is 18.2 Å². The zero-order chi connectivity index (χ0) is 25.0. The van der Waals surface area contributed by atoms with Crippen LogP contribution in [0.2, 0.25) is 0 Å². The monoisotopic (exact) mass is 513 g/mol. The highest BCUT2D eigenvalue weighted by Crippen LogP contribution is 2.54. The summed E-state index contributed by atoms with van der Waals surface area (Å²) in [4.78, 5) is 15.9. The summed E-state index contributed by atoms with van der Waals surface area (Å²) < 4.78 is 28.1. The first-order valence-electron chi connectivity index (χ1n) is 11.8. The molecule has 36 heavy (non-hydrogen) atoms. The number of carboxylic acid groups (broad SMARTS) is 1. The molecule has 0 saturated heterocycles. The number of nitrogens with zero attached hydrogens (tertiary/aromatic N) is 1. The van der Waals surface area contributed by atoms with Gasteiger partial charge in [-0.3, -0.25) is 0 Å². The first-order chi connectivity index (χ1) is 17.3. The van der Waals surface area contributed by atoms with Crippen molar-refractivity contribution in [2.45, 2.75) is 29.9 Å². The molecule has 180 valence electrons. The van der Waals surface area contributed by atoms with Gasteiger partial charge in [-0.15, -0.1) is 11.3 Å². The zero-order valence-corrected chi connectivity index (χ0v) is 21.1. The molecular formula is C29H23NO4S2. The quantitative estimate of drug-likeness (QED) is 0.327. The second-order valence-corrected chi connectivity index (χ2v) is 12.4. The fourth-order valence-corrected chi connectivity index (χ4v) is 8.33. The van der Waals surface area contributed by atoms with Crippen LogP contribution >= 0.6 is 11.3 Å². The number of benzene rings is 3. The highest BCUT2D eigenvalue weighted by atomic mass is 32.2. The maximum atomic E-state index is 13.5. The van der Waals surface area contributed by atoms with Gasteiger partial charge < -0.3 is 5.11 Å². The predicted octanol–water partition coefficient (Wildman–Crippen LogP) is 6.23. The van der Waals surface area contributed by atoms with Gasteiger partial charge in [0.2, 0.25) is 0 Å². The maximum Gasteiger partial charge on any atom is 0.328 e. The van der Waals surface area contributed by atoms with Crippen molar-refractivity contribution in [1.29, 1.82) is 0 Å². The van der Waals surface area contributed by atoms with Crippen LogP contribution in [0, 0.1) is 12.8 Å². The van der Waals surface area contributed by atoms with Crippen molar-refractivity contribution < 1.29 is 18.3 Å². The van der Waals surface area contributed by atoms with E-state index in [1.165, 1.54) is 0 Å². The number of aryl methyl sites for hydroxylation is 1. The number of carbonyl (C=O) groups is 1. The summed E-state index contributed by atoms with van der Waals surface area (Å²) in [6.45, 7) is 1.92. The summed E-state index contributed by atoms with van der Waals surface area (Å²) in [5, 5.41) is 8.57. The normalized spacial score (nSPS) is 21.6. The Bertz CT molecular complexity index is 1690. The Labute approximate surface area is 213 Å². The fourth-order valence-electron chi connectivity index (χ4n) is 5.36. The number of sulfone groups is 1. The largest absolute Gasteiger partial charge is 0.478 e. The molecule has 0 radical (unpaired) electrons. The molecule has 0 spiro atoms. The molecule has 1 aliphatic carbocycles. The number of allylic oxidation sites excluding steroid dienone is 1. The number of fused-ring (bicyclic) bond motifs is 3. The molecule has 0 amide bonds. The average molecular weight is 514 g/mol. The van der Waals surface area contributed by atoms with E-state index in [9.17, 15) is 13.2 Å².